The molecule has 1 aliphatic rings. The van der Waals surface area contributed by atoms with Gasteiger partial charge in [-0.15, -0.1) is 0 Å². The normalized spacial score (nSPS) is 33.3. The van der Waals surface area contributed by atoms with Gasteiger partial charge in [-0.3, -0.25) is 4.79 Å². The Morgan fingerprint density at radius 1 is 1.50 bits per heavy atom. The molecule has 1 rings (SSSR count). The largest absolute Gasteiger partial charge is 0.462 e. The lowest BCUT2D eigenvalue weighted by atomic mass is 9.77. The molecule has 0 aromatic heterocycles. The lowest BCUT2D eigenvalue weighted by Crippen LogP contribution is -2.56. The molecular formula is C13H26O4Si. The van der Waals surface area contributed by atoms with Gasteiger partial charge in [-0.25, -0.2) is 0 Å². The van der Waals surface area contributed by atoms with Gasteiger partial charge in [-0.2, -0.15) is 0 Å². The minimum absolute atomic E-state index is 0.0402. The van der Waals surface area contributed by atoms with Crippen LogP contribution in [0.4, 0.5) is 0 Å². The molecule has 3 atom stereocenters. The Morgan fingerprint density at radius 3 is 2.56 bits per heavy atom. The van der Waals surface area contributed by atoms with Gasteiger partial charge < -0.3 is 14.3 Å². The number of aliphatic hydroxyl groups excluding tert-OH is 1. The fourth-order valence-corrected chi connectivity index (χ4v) is 4.37. The first-order chi connectivity index (χ1) is 8.24. The van der Waals surface area contributed by atoms with Gasteiger partial charge in [0.05, 0.1) is 12.0 Å². The SMILES string of the molecule is CC[C@@H]1OC(=O)C[C@@](CCO)(O[Si](C)(C)C)[C@H]1C. The molecule has 1 fully saturated rings. The Kier molecular flexibility index (Phi) is 4.97. The number of hydrogen-bond acceptors (Lipinski definition) is 4. The third-order valence-corrected chi connectivity index (χ3v) is 4.58. The van der Waals surface area contributed by atoms with Gasteiger partial charge in [-0.1, -0.05) is 13.8 Å². The molecular weight excluding hydrogens is 248 g/mol. The first-order valence-electron chi connectivity index (χ1n) is 6.74. The minimum Gasteiger partial charge on any atom is -0.462 e. The summed E-state index contributed by atoms with van der Waals surface area (Å²) in [4.78, 5) is 11.8. The van der Waals surface area contributed by atoms with Crippen molar-refractivity contribution in [2.24, 2.45) is 5.92 Å². The molecule has 0 spiro atoms. The minimum atomic E-state index is -1.79. The lowest BCUT2D eigenvalue weighted by Gasteiger charge is -2.48. The summed E-state index contributed by atoms with van der Waals surface area (Å²) in [6.45, 7) is 10.5. The fourth-order valence-electron chi connectivity index (χ4n) is 2.79. The first kappa shape index (κ1) is 15.7. The Morgan fingerprint density at radius 2 is 2.11 bits per heavy atom. The maximum atomic E-state index is 11.8. The van der Waals surface area contributed by atoms with Crippen molar-refractivity contribution in [1.29, 1.82) is 0 Å². The highest BCUT2D eigenvalue weighted by atomic mass is 28.4. The van der Waals surface area contributed by atoms with E-state index in [0.717, 1.165) is 6.42 Å². The number of cyclic esters (lactones) is 1. The van der Waals surface area contributed by atoms with Gasteiger partial charge in [-0.05, 0) is 32.5 Å². The van der Waals surface area contributed by atoms with Crippen LogP contribution < -0.4 is 0 Å². The molecule has 1 saturated heterocycles. The van der Waals surface area contributed by atoms with E-state index in [-0.39, 0.29) is 31.0 Å². The summed E-state index contributed by atoms with van der Waals surface area (Å²) in [7, 11) is -1.79. The van der Waals surface area contributed by atoms with E-state index in [2.05, 4.69) is 26.6 Å². The predicted molar refractivity (Wildman–Crippen MR) is 72.8 cm³/mol. The van der Waals surface area contributed by atoms with Crippen LogP contribution >= 0.6 is 0 Å². The van der Waals surface area contributed by atoms with E-state index >= 15 is 0 Å². The molecule has 18 heavy (non-hydrogen) atoms. The maximum absolute atomic E-state index is 11.8. The van der Waals surface area contributed by atoms with Gasteiger partial charge in [0, 0.05) is 12.5 Å². The average molecular weight is 274 g/mol. The summed E-state index contributed by atoms with van der Waals surface area (Å²) in [6, 6.07) is 0. The Bertz CT molecular complexity index is 300. The highest BCUT2D eigenvalue weighted by Crippen LogP contribution is 2.40. The van der Waals surface area contributed by atoms with Crippen LogP contribution in [0.2, 0.25) is 19.6 Å². The van der Waals surface area contributed by atoms with Crippen molar-refractivity contribution in [2.45, 2.75) is 64.5 Å². The monoisotopic (exact) mass is 274 g/mol. The number of hydrogen-bond donors (Lipinski definition) is 1. The van der Waals surface area contributed by atoms with E-state index in [1.807, 2.05) is 6.92 Å². The molecule has 106 valence electrons. The standard InChI is InChI=1S/C13H26O4Si/c1-6-11-10(2)13(7-8-14,9-12(15)16-11)17-18(3,4)5/h10-11,14H,6-9H2,1-5H3/t10-,11-,13+/m0/s1. The summed E-state index contributed by atoms with van der Waals surface area (Å²) < 4.78 is 11.7. The Hall–Kier alpha value is -0.393. The Labute approximate surface area is 111 Å². The van der Waals surface area contributed by atoms with E-state index < -0.39 is 13.9 Å². The van der Waals surface area contributed by atoms with E-state index in [1.165, 1.54) is 0 Å². The van der Waals surface area contributed by atoms with Gasteiger partial charge in [0.25, 0.3) is 0 Å². The third-order valence-electron chi connectivity index (χ3n) is 3.56. The molecule has 0 saturated carbocycles. The van der Waals surface area contributed by atoms with E-state index in [9.17, 15) is 9.90 Å². The number of carbonyl (C=O) groups excluding carboxylic acids is 1. The van der Waals surface area contributed by atoms with Crippen molar-refractivity contribution in [2.75, 3.05) is 6.61 Å². The molecule has 0 aliphatic carbocycles. The van der Waals surface area contributed by atoms with Crippen molar-refractivity contribution in [3.63, 3.8) is 0 Å². The van der Waals surface area contributed by atoms with Crippen LogP contribution in [0.1, 0.15) is 33.1 Å². The van der Waals surface area contributed by atoms with Crippen molar-refractivity contribution in [1.82, 2.24) is 0 Å². The molecule has 0 radical (unpaired) electrons. The molecule has 0 amide bonds. The number of ether oxygens (including phenoxy) is 1. The molecule has 0 bridgehead atoms. The summed E-state index contributed by atoms with van der Waals surface area (Å²) in [6.07, 6.45) is 1.45. The van der Waals surface area contributed by atoms with Crippen molar-refractivity contribution >= 4 is 14.3 Å². The first-order valence-corrected chi connectivity index (χ1v) is 10.2. The molecule has 5 heteroatoms. The van der Waals surface area contributed by atoms with E-state index in [0.29, 0.717) is 6.42 Å². The van der Waals surface area contributed by atoms with Gasteiger partial charge in [0.2, 0.25) is 0 Å². The summed E-state index contributed by atoms with van der Waals surface area (Å²) >= 11 is 0. The molecule has 0 aromatic rings. The number of carbonyl (C=O) groups is 1. The second-order valence-electron chi connectivity index (χ2n) is 6.15. The second-order valence-corrected chi connectivity index (χ2v) is 10.6. The molecule has 1 aliphatic heterocycles. The van der Waals surface area contributed by atoms with E-state index in [4.69, 9.17) is 9.16 Å². The van der Waals surface area contributed by atoms with Crippen LogP contribution in [0, 0.1) is 5.92 Å². The second kappa shape index (κ2) is 5.71. The highest BCUT2D eigenvalue weighted by molar-refractivity contribution is 6.69. The summed E-state index contributed by atoms with van der Waals surface area (Å²) in [5, 5.41) is 9.33. The molecule has 0 aromatic carbocycles. The van der Waals surface area contributed by atoms with Crippen LogP contribution in [-0.4, -0.2) is 37.7 Å². The van der Waals surface area contributed by atoms with Crippen LogP contribution in [-0.2, 0) is 14.0 Å². The molecule has 1 heterocycles. The molecule has 4 nitrogen and oxygen atoms in total. The highest BCUT2D eigenvalue weighted by Gasteiger charge is 2.49. The van der Waals surface area contributed by atoms with Crippen LogP contribution in [0.15, 0.2) is 0 Å². The number of rotatable bonds is 5. The van der Waals surface area contributed by atoms with Crippen molar-refractivity contribution in [3.8, 4) is 0 Å². The van der Waals surface area contributed by atoms with Crippen LogP contribution in [0.25, 0.3) is 0 Å². The fraction of sp³-hybridized carbons (Fsp3) is 0.923. The van der Waals surface area contributed by atoms with Gasteiger partial charge in [0.15, 0.2) is 8.32 Å². The zero-order valence-corrected chi connectivity index (χ0v) is 13.2. The molecule has 0 unspecified atom stereocenters. The molecule has 1 N–H and O–H groups in total. The van der Waals surface area contributed by atoms with Gasteiger partial charge in [0.1, 0.15) is 6.10 Å². The van der Waals surface area contributed by atoms with Crippen LogP contribution in [0.5, 0.6) is 0 Å². The van der Waals surface area contributed by atoms with Crippen molar-refractivity contribution < 1.29 is 19.1 Å². The van der Waals surface area contributed by atoms with Crippen LogP contribution in [0.3, 0.4) is 0 Å². The predicted octanol–water partition coefficient (Wildman–Crippen LogP) is 2.32. The Balaban J connectivity index is 3.02. The van der Waals surface area contributed by atoms with Crippen molar-refractivity contribution in [3.05, 3.63) is 0 Å². The summed E-state index contributed by atoms with van der Waals surface area (Å²) in [5.74, 6) is -0.0780. The smallest absolute Gasteiger partial charge is 0.308 e. The quantitative estimate of drug-likeness (QED) is 0.617. The maximum Gasteiger partial charge on any atom is 0.308 e. The number of aliphatic hydroxyl groups is 1. The zero-order valence-electron chi connectivity index (χ0n) is 12.2. The average Bonchev–Trinajstić information content (AvgIpc) is 2.21. The number of esters is 1. The van der Waals surface area contributed by atoms with E-state index in [1.54, 1.807) is 0 Å². The van der Waals surface area contributed by atoms with Gasteiger partial charge >= 0.3 is 5.97 Å². The third kappa shape index (κ3) is 3.55. The zero-order chi connectivity index (χ0) is 14.0. The lowest BCUT2D eigenvalue weighted by molar-refractivity contribution is -0.182. The topological polar surface area (TPSA) is 55.8 Å². The summed E-state index contributed by atoms with van der Waals surface area (Å²) in [5.41, 5.74) is -0.546.